The lowest BCUT2D eigenvalue weighted by molar-refractivity contribution is -0.122. The fraction of sp³-hybridized carbons (Fsp3) is 0.562. The first-order valence-electron chi connectivity index (χ1n) is 7.81. The van der Waals surface area contributed by atoms with Gasteiger partial charge in [0, 0.05) is 13.0 Å². The molecule has 25 heavy (non-hydrogen) atoms. The second kappa shape index (κ2) is 8.63. The van der Waals surface area contributed by atoms with Gasteiger partial charge in [-0.05, 0) is 26.3 Å². The van der Waals surface area contributed by atoms with E-state index in [0.29, 0.717) is 5.57 Å². The molecule has 1 heterocycles. The van der Waals surface area contributed by atoms with Crippen LogP contribution in [0.4, 0.5) is 4.79 Å². The maximum absolute atomic E-state index is 12.4. The fourth-order valence-electron chi connectivity index (χ4n) is 2.28. The summed E-state index contributed by atoms with van der Waals surface area (Å²) >= 11 is 0. The highest BCUT2D eigenvalue weighted by atomic mass is 16.6. The molecule has 1 aliphatic rings. The molecule has 1 unspecified atom stereocenters. The number of nitrogens with two attached hydrogens (primary N) is 2. The van der Waals surface area contributed by atoms with Crippen molar-refractivity contribution in [1.29, 1.82) is 0 Å². The molecule has 140 valence electrons. The van der Waals surface area contributed by atoms with Crippen LogP contribution in [-0.4, -0.2) is 53.6 Å². The lowest BCUT2D eigenvalue weighted by atomic mass is 9.95. The minimum absolute atomic E-state index is 0.0266. The van der Waals surface area contributed by atoms with Crippen LogP contribution in [0.25, 0.3) is 0 Å². The van der Waals surface area contributed by atoms with Gasteiger partial charge in [-0.2, -0.15) is 5.48 Å². The lowest BCUT2D eigenvalue weighted by Gasteiger charge is -2.38. The Morgan fingerprint density at radius 1 is 1.40 bits per heavy atom. The van der Waals surface area contributed by atoms with E-state index >= 15 is 0 Å². The fourth-order valence-corrected chi connectivity index (χ4v) is 2.28. The average molecular weight is 354 g/mol. The van der Waals surface area contributed by atoms with Crippen molar-refractivity contribution in [1.82, 2.24) is 10.4 Å². The number of carbonyl (C=O) groups excluding carboxylic acids is 3. The molecule has 3 amide bonds. The molecule has 0 aromatic heterocycles. The molecule has 1 aliphatic heterocycles. The number of hydrogen-bond donors (Lipinski definition) is 3. The van der Waals surface area contributed by atoms with Crippen molar-refractivity contribution in [2.45, 2.75) is 44.9 Å². The third-order valence-electron chi connectivity index (χ3n) is 3.26. The first-order valence-corrected chi connectivity index (χ1v) is 7.81. The Balaban J connectivity index is 3.09. The van der Waals surface area contributed by atoms with Crippen molar-refractivity contribution >= 4 is 17.9 Å². The Labute approximate surface area is 146 Å². The molecule has 1 rings (SSSR count). The van der Waals surface area contributed by atoms with Crippen molar-refractivity contribution in [3.8, 4) is 0 Å². The van der Waals surface area contributed by atoms with Gasteiger partial charge < -0.3 is 16.2 Å². The van der Waals surface area contributed by atoms with E-state index < -0.39 is 35.6 Å². The minimum Gasteiger partial charge on any atom is -0.444 e. The molecule has 0 fully saturated rings. The Kier molecular flexibility index (Phi) is 7.13. The van der Waals surface area contributed by atoms with E-state index in [-0.39, 0.29) is 19.6 Å². The normalized spacial score (nSPS) is 20.6. The Hall–Kier alpha value is -2.39. The van der Waals surface area contributed by atoms with Gasteiger partial charge in [-0.1, -0.05) is 12.2 Å². The molecule has 0 aromatic rings. The molecular weight excluding hydrogens is 328 g/mol. The summed E-state index contributed by atoms with van der Waals surface area (Å²) in [5.74, 6) is -1.31. The summed E-state index contributed by atoms with van der Waals surface area (Å²) in [5.41, 5.74) is 13.2. The molecule has 0 bridgehead atoms. The summed E-state index contributed by atoms with van der Waals surface area (Å²) in [7, 11) is 0. The summed E-state index contributed by atoms with van der Waals surface area (Å²) in [5, 5.41) is 0. The number of nitrogens with one attached hydrogen (secondary N) is 1. The van der Waals surface area contributed by atoms with Crippen LogP contribution in [0.1, 0.15) is 27.2 Å². The average Bonchev–Trinajstić information content (AvgIpc) is 2.45. The third-order valence-corrected chi connectivity index (χ3v) is 3.26. The van der Waals surface area contributed by atoms with Gasteiger partial charge >= 0.3 is 6.09 Å². The van der Waals surface area contributed by atoms with Gasteiger partial charge in [0.05, 0.1) is 12.6 Å². The predicted molar refractivity (Wildman–Crippen MR) is 90.9 cm³/mol. The maximum Gasteiger partial charge on any atom is 0.411 e. The van der Waals surface area contributed by atoms with Crippen molar-refractivity contribution in [3.05, 3.63) is 24.3 Å². The van der Waals surface area contributed by atoms with Gasteiger partial charge in [-0.3, -0.25) is 19.3 Å². The number of amides is 3. The van der Waals surface area contributed by atoms with E-state index in [4.69, 9.17) is 21.0 Å². The first kappa shape index (κ1) is 20.7. The number of ether oxygens (including phenoxy) is 1. The van der Waals surface area contributed by atoms with Crippen molar-refractivity contribution in [2.24, 2.45) is 11.5 Å². The summed E-state index contributed by atoms with van der Waals surface area (Å²) in [6, 6.07) is -1.59. The molecular formula is C16H26N4O5. The zero-order valence-corrected chi connectivity index (χ0v) is 14.8. The van der Waals surface area contributed by atoms with Gasteiger partial charge in [-0.25, -0.2) is 4.79 Å². The highest BCUT2D eigenvalue weighted by molar-refractivity contribution is 5.87. The molecule has 5 N–H and O–H groups in total. The van der Waals surface area contributed by atoms with Gasteiger partial charge in [0.25, 0.3) is 0 Å². The molecule has 0 radical (unpaired) electrons. The molecule has 0 aromatic carbocycles. The summed E-state index contributed by atoms with van der Waals surface area (Å²) in [4.78, 5) is 41.9. The van der Waals surface area contributed by atoms with E-state index in [1.165, 1.54) is 17.1 Å². The highest BCUT2D eigenvalue weighted by Crippen LogP contribution is 2.22. The van der Waals surface area contributed by atoms with Gasteiger partial charge in [-0.15, -0.1) is 6.58 Å². The zero-order chi connectivity index (χ0) is 19.2. The first-order chi connectivity index (χ1) is 11.5. The SMILES string of the molecule is C=CCONC1CN(C(=O)OC(C)(C)C)[C@H](C(N)=O)C=C1CC(N)=O. The minimum atomic E-state index is -1.04. The van der Waals surface area contributed by atoms with Crippen LogP contribution in [-0.2, 0) is 19.2 Å². The quantitative estimate of drug-likeness (QED) is 0.333. The van der Waals surface area contributed by atoms with Crippen molar-refractivity contribution < 1.29 is 24.0 Å². The monoisotopic (exact) mass is 354 g/mol. The third kappa shape index (κ3) is 6.55. The molecule has 9 heteroatoms. The maximum atomic E-state index is 12.4. The van der Waals surface area contributed by atoms with Crippen LogP contribution in [0, 0.1) is 0 Å². The van der Waals surface area contributed by atoms with Gasteiger partial charge in [0.1, 0.15) is 11.6 Å². The van der Waals surface area contributed by atoms with Crippen LogP contribution in [0.5, 0.6) is 0 Å². The summed E-state index contributed by atoms with van der Waals surface area (Å²) in [6.45, 7) is 8.91. The van der Waals surface area contributed by atoms with E-state index in [0.717, 1.165) is 0 Å². The summed E-state index contributed by atoms with van der Waals surface area (Å²) in [6.07, 6.45) is 2.18. The van der Waals surface area contributed by atoms with Crippen LogP contribution < -0.4 is 16.9 Å². The lowest BCUT2D eigenvalue weighted by Crippen LogP contribution is -2.57. The van der Waals surface area contributed by atoms with Crippen LogP contribution in [0.15, 0.2) is 24.3 Å². The highest BCUT2D eigenvalue weighted by Gasteiger charge is 2.37. The van der Waals surface area contributed by atoms with E-state index in [2.05, 4.69) is 12.1 Å². The van der Waals surface area contributed by atoms with Crippen molar-refractivity contribution in [2.75, 3.05) is 13.2 Å². The zero-order valence-electron chi connectivity index (χ0n) is 14.8. The Morgan fingerprint density at radius 2 is 2.04 bits per heavy atom. The number of carbonyl (C=O) groups is 3. The second-order valence-electron chi connectivity index (χ2n) is 6.63. The molecule has 2 atom stereocenters. The molecule has 0 spiro atoms. The van der Waals surface area contributed by atoms with Gasteiger partial charge in [0.15, 0.2) is 0 Å². The molecule has 0 saturated carbocycles. The van der Waals surface area contributed by atoms with E-state index in [1.54, 1.807) is 20.8 Å². The number of hydroxylamine groups is 1. The molecule has 0 aliphatic carbocycles. The van der Waals surface area contributed by atoms with Gasteiger partial charge in [0.2, 0.25) is 11.8 Å². The Morgan fingerprint density at radius 3 is 2.52 bits per heavy atom. The van der Waals surface area contributed by atoms with Crippen molar-refractivity contribution in [3.63, 3.8) is 0 Å². The summed E-state index contributed by atoms with van der Waals surface area (Å²) < 4.78 is 5.32. The van der Waals surface area contributed by atoms with E-state index in [1.807, 2.05) is 0 Å². The van der Waals surface area contributed by atoms with E-state index in [9.17, 15) is 14.4 Å². The van der Waals surface area contributed by atoms with Crippen LogP contribution in [0.2, 0.25) is 0 Å². The van der Waals surface area contributed by atoms with Crippen LogP contribution in [0.3, 0.4) is 0 Å². The number of nitrogens with zero attached hydrogens (tertiary/aromatic N) is 1. The Bertz CT molecular complexity index is 567. The number of hydrogen-bond acceptors (Lipinski definition) is 6. The van der Waals surface area contributed by atoms with Crippen LogP contribution >= 0.6 is 0 Å². The molecule has 9 nitrogen and oxygen atoms in total. The standard InChI is InChI=1S/C16H26N4O5/c1-5-6-24-19-11-9-20(15(23)25-16(2,3)4)12(14(18)22)7-10(11)8-13(17)21/h5,7,11-12,19H,1,6,8-9H2,2-4H3,(H2,17,21)(H2,18,22)/t11?,12-/m0/s1. The largest absolute Gasteiger partial charge is 0.444 e. The second-order valence-corrected chi connectivity index (χ2v) is 6.63. The number of rotatable bonds is 7. The molecule has 0 saturated heterocycles. The smallest absolute Gasteiger partial charge is 0.411 e. The number of primary amides is 2. The predicted octanol–water partition coefficient (Wildman–Crippen LogP) is -0.0314. The topological polar surface area (TPSA) is 137 Å².